The average molecular weight is 659 g/mol. The van der Waals surface area contributed by atoms with Gasteiger partial charge in [-0.25, -0.2) is 13.1 Å². The minimum Gasteiger partial charge on any atom is -0.487 e. The Morgan fingerprint density at radius 1 is 1.11 bits per heavy atom. The van der Waals surface area contributed by atoms with Gasteiger partial charge in [0.15, 0.2) is 0 Å². The number of fused-ring (bicyclic) bond motifs is 3. The molecule has 3 aliphatic rings. The van der Waals surface area contributed by atoms with Crippen LogP contribution in [0.3, 0.4) is 0 Å². The van der Waals surface area contributed by atoms with Crippen molar-refractivity contribution in [3.05, 3.63) is 70.3 Å². The van der Waals surface area contributed by atoms with E-state index in [0.29, 0.717) is 35.6 Å². The maximum atomic E-state index is 13.6. The molecule has 2 aromatic carbocycles. The van der Waals surface area contributed by atoms with Crippen LogP contribution >= 0.6 is 11.6 Å². The van der Waals surface area contributed by atoms with Crippen LogP contribution in [0.5, 0.6) is 5.75 Å². The van der Waals surface area contributed by atoms with Gasteiger partial charge in [0.1, 0.15) is 12.4 Å². The number of carbonyl (C=O) groups excluding carboxylic acids is 2. The summed E-state index contributed by atoms with van der Waals surface area (Å²) < 4.78 is 46.6. The summed E-state index contributed by atoms with van der Waals surface area (Å²) in [5.74, 6) is -0.598. The summed E-state index contributed by atoms with van der Waals surface area (Å²) in [5, 5.41) is -0.473. The number of nitrogens with zero attached hydrogens (tertiary/aromatic N) is 1. The molecule has 45 heavy (non-hydrogen) atoms. The minimum atomic E-state index is -4.25. The van der Waals surface area contributed by atoms with E-state index in [1.807, 2.05) is 30.4 Å². The van der Waals surface area contributed by atoms with Crippen molar-refractivity contribution in [2.75, 3.05) is 32.2 Å². The van der Waals surface area contributed by atoms with E-state index in [0.717, 1.165) is 62.0 Å². The first-order chi connectivity index (χ1) is 21.6. The van der Waals surface area contributed by atoms with Crippen LogP contribution in [0.2, 0.25) is 5.02 Å². The number of halogens is 1. The number of benzene rings is 2. The lowest BCUT2D eigenvalue weighted by Gasteiger charge is -2.43. The summed E-state index contributed by atoms with van der Waals surface area (Å²) >= 11 is 6.32. The summed E-state index contributed by atoms with van der Waals surface area (Å²) in [5.41, 5.74) is 3.16. The molecule has 0 saturated heterocycles. The topological polar surface area (TPSA) is 111 Å². The lowest BCUT2D eigenvalue weighted by molar-refractivity contribution is -0.140. The van der Waals surface area contributed by atoms with Gasteiger partial charge >= 0.3 is 5.97 Å². The predicted octanol–water partition coefficient (Wildman–Crippen LogP) is 5.69. The lowest BCUT2D eigenvalue weighted by atomic mass is 9.70. The first-order valence-electron chi connectivity index (χ1n) is 15.7. The zero-order chi connectivity index (χ0) is 32.1. The largest absolute Gasteiger partial charge is 0.487 e. The van der Waals surface area contributed by atoms with Crippen LogP contribution in [0.1, 0.15) is 66.9 Å². The Labute approximate surface area is 271 Å². The zero-order valence-electron chi connectivity index (χ0n) is 26.2. The molecule has 5 atom stereocenters. The summed E-state index contributed by atoms with van der Waals surface area (Å²) in [7, 11) is -1.32. The molecule has 1 fully saturated rings. The molecule has 9 nitrogen and oxygen atoms in total. The molecule has 0 spiro atoms. The highest BCUT2D eigenvalue weighted by Gasteiger charge is 2.39. The van der Waals surface area contributed by atoms with E-state index in [9.17, 15) is 18.0 Å². The first kappa shape index (κ1) is 33.3. The number of ether oxygens (including phenoxy) is 3. The number of carbonyl (C=O) groups is 2. The van der Waals surface area contributed by atoms with Crippen LogP contribution < -0.4 is 14.4 Å². The quantitative estimate of drug-likeness (QED) is 0.331. The van der Waals surface area contributed by atoms with E-state index < -0.39 is 33.1 Å². The van der Waals surface area contributed by atoms with Crippen molar-refractivity contribution in [1.82, 2.24) is 4.72 Å². The van der Waals surface area contributed by atoms with Gasteiger partial charge in [0.25, 0.3) is 5.91 Å². The number of methoxy groups -OCH3 is 2. The number of nitrogens with one attached hydrogen (secondary N) is 1. The molecule has 1 aliphatic carbocycles. The number of allylic oxidation sites excluding steroid dienone is 1. The van der Waals surface area contributed by atoms with Crippen molar-refractivity contribution < 1.29 is 32.2 Å². The Morgan fingerprint density at radius 3 is 2.67 bits per heavy atom. The highest BCUT2D eigenvalue weighted by Crippen LogP contribution is 2.41. The third kappa shape index (κ3) is 7.84. The molecule has 244 valence electrons. The first-order valence-corrected chi connectivity index (χ1v) is 17.6. The second-order valence-corrected chi connectivity index (χ2v) is 14.8. The molecule has 2 unspecified atom stereocenters. The smallest absolute Gasteiger partial charge is 0.306 e. The van der Waals surface area contributed by atoms with Gasteiger partial charge in [-0.15, -0.1) is 0 Å². The van der Waals surface area contributed by atoms with Gasteiger partial charge in [-0.05, 0) is 97.7 Å². The van der Waals surface area contributed by atoms with Crippen LogP contribution in [0.4, 0.5) is 5.69 Å². The number of rotatable bonds is 3. The zero-order valence-corrected chi connectivity index (χ0v) is 27.7. The molecule has 2 bridgehead atoms. The van der Waals surface area contributed by atoms with Crippen molar-refractivity contribution in [1.29, 1.82) is 0 Å². The second-order valence-electron chi connectivity index (χ2n) is 12.4. The summed E-state index contributed by atoms with van der Waals surface area (Å²) in [4.78, 5) is 28.1. The number of anilines is 1. The van der Waals surface area contributed by atoms with Crippen LogP contribution in [-0.4, -0.2) is 59.0 Å². The standard InChI is InChI=1S/C34H43ClN2O7S/c1-22-7-6-9-30(42-2)28-14-11-25(28)20-37-16-5-4-8-23-17-27(35)13-10-26(23)21-44-31-15-12-24(18-29(31)37)34(39)36-45(40,41)32(22)19-33(38)43-3/h6,9-10,12-13,15,17-18,22,25,28,30,32H,4-5,7-8,11,14,16,19-21H2,1-3H3,(H,36,39)/b9-6+/t22-,25?,28?,30+,32+/m1/s1. The van der Waals surface area contributed by atoms with E-state index >= 15 is 0 Å². The molecular formula is C34H43ClN2O7S. The molecule has 0 radical (unpaired) electrons. The van der Waals surface area contributed by atoms with E-state index in [4.69, 9.17) is 25.8 Å². The molecule has 11 heteroatoms. The van der Waals surface area contributed by atoms with Gasteiger partial charge in [-0.3, -0.25) is 9.59 Å². The van der Waals surface area contributed by atoms with Crippen LogP contribution in [0, 0.1) is 17.8 Å². The molecule has 2 aromatic rings. The third-order valence-electron chi connectivity index (χ3n) is 9.56. The number of esters is 1. The Morgan fingerprint density at radius 2 is 1.93 bits per heavy atom. The van der Waals surface area contributed by atoms with E-state index in [1.165, 1.54) is 7.11 Å². The molecular weight excluding hydrogens is 616 g/mol. The van der Waals surface area contributed by atoms with Gasteiger partial charge in [0.2, 0.25) is 10.0 Å². The number of amides is 1. The highest BCUT2D eigenvalue weighted by atomic mass is 35.5. The fourth-order valence-corrected chi connectivity index (χ4v) is 8.52. The summed E-state index contributed by atoms with van der Waals surface area (Å²) in [6.45, 7) is 3.60. The Hall–Kier alpha value is -3.08. The fraction of sp³-hybridized carbons (Fsp3) is 0.529. The van der Waals surface area contributed by atoms with Crippen LogP contribution in [0.25, 0.3) is 0 Å². The SMILES string of the molecule is COC(=O)C[C@H]1[C@H](C)C/C=C/[C@H](OC)C2CCC2CN2CCCCc3cc(Cl)ccc3COc3ccc(cc32)C(=O)NS1(=O)=O. The van der Waals surface area contributed by atoms with Crippen LogP contribution in [-0.2, 0) is 37.3 Å². The predicted molar refractivity (Wildman–Crippen MR) is 174 cm³/mol. The molecule has 2 heterocycles. The Bertz CT molecular complexity index is 1530. The minimum absolute atomic E-state index is 0.121. The number of hydrogen-bond donors (Lipinski definition) is 1. The third-order valence-corrected chi connectivity index (χ3v) is 11.7. The van der Waals surface area contributed by atoms with E-state index in [2.05, 4.69) is 9.62 Å². The van der Waals surface area contributed by atoms with E-state index in [1.54, 1.807) is 32.2 Å². The maximum absolute atomic E-state index is 13.6. The van der Waals surface area contributed by atoms with Crippen molar-refractivity contribution in [3.8, 4) is 5.75 Å². The number of hydrogen-bond acceptors (Lipinski definition) is 8. The Balaban J connectivity index is 1.55. The second kappa shape index (κ2) is 14.6. The molecule has 1 saturated carbocycles. The van der Waals surface area contributed by atoms with Crippen molar-refractivity contribution in [3.63, 3.8) is 0 Å². The molecule has 5 rings (SSSR count). The van der Waals surface area contributed by atoms with Crippen LogP contribution in [0.15, 0.2) is 48.6 Å². The molecule has 2 aliphatic heterocycles. The Kier molecular flexibility index (Phi) is 10.8. The van der Waals surface area contributed by atoms with Crippen molar-refractivity contribution >= 4 is 39.2 Å². The lowest BCUT2D eigenvalue weighted by Crippen LogP contribution is -2.44. The molecule has 1 amide bonds. The fourth-order valence-electron chi connectivity index (χ4n) is 6.72. The summed E-state index contributed by atoms with van der Waals surface area (Å²) in [6, 6.07) is 10.9. The van der Waals surface area contributed by atoms with Gasteiger partial charge in [0, 0.05) is 30.8 Å². The van der Waals surface area contributed by atoms with Gasteiger partial charge < -0.3 is 19.1 Å². The number of aryl methyl sites for hydroxylation is 1. The monoisotopic (exact) mass is 658 g/mol. The van der Waals surface area contributed by atoms with E-state index in [-0.39, 0.29) is 18.1 Å². The van der Waals surface area contributed by atoms with Gasteiger partial charge in [-0.2, -0.15) is 0 Å². The molecule has 0 aromatic heterocycles. The maximum Gasteiger partial charge on any atom is 0.306 e. The average Bonchev–Trinajstić information content (AvgIpc) is 3.03. The normalized spacial score (nSPS) is 27.7. The number of sulfonamides is 1. The van der Waals surface area contributed by atoms with Crippen molar-refractivity contribution in [2.24, 2.45) is 17.8 Å². The molecule has 1 N–H and O–H groups in total. The highest BCUT2D eigenvalue weighted by molar-refractivity contribution is 7.90. The summed E-state index contributed by atoms with van der Waals surface area (Å²) in [6.07, 6.45) is 8.69. The van der Waals surface area contributed by atoms with Gasteiger partial charge in [-0.1, -0.05) is 36.7 Å². The van der Waals surface area contributed by atoms with Crippen molar-refractivity contribution in [2.45, 2.75) is 69.8 Å². The van der Waals surface area contributed by atoms with Gasteiger partial charge in [0.05, 0.1) is 30.6 Å².